The number of hydrogen-bond donors (Lipinski definition) is 1. The van der Waals surface area contributed by atoms with E-state index >= 15 is 0 Å². The number of carbonyl (C=O) groups is 1. The van der Waals surface area contributed by atoms with E-state index in [1.165, 1.54) is 0 Å². The molecule has 4 rings (SSSR count). The summed E-state index contributed by atoms with van der Waals surface area (Å²) in [4.78, 5) is 27.0. The lowest BCUT2D eigenvalue weighted by atomic mass is 10.1. The summed E-state index contributed by atoms with van der Waals surface area (Å²) in [6, 6.07) is 1.90. The highest BCUT2D eigenvalue weighted by Crippen LogP contribution is 2.33. The van der Waals surface area contributed by atoms with E-state index < -0.39 is 0 Å². The van der Waals surface area contributed by atoms with Gasteiger partial charge in [0.2, 0.25) is 5.91 Å². The van der Waals surface area contributed by atoms with Gasteiger partial charge in [0, 0.05) is 42.7 Å². The molecule has 9 heteroatoms. The van der Waals surface area contributed by atoms with Crippen molar-refractivity contribution < 1.29 is 9.53 Å². The van der Waals surface area contributed by atoms with Crippen LogP contribution in [0.3, 0.4) is 0 Å². The van der Waals surface area contributed by atoms with Crippen LogP contribution in [-0.2, 0) is 17.8 Å². The number of carbonyl (C=O) groups excluding carboxylic acids is 1. The fourth-order valence-electron chi connectivity index (χ4n) is 3.73. The summed E-state index contributed by atoms with van der Waals surface area (Å²) in [5.41, 5.74) is 3.03. The number of amides is 1. The molecule has 0 saturated carbocycles. The highest BCUT2D eigenvalue weighted by atomic mass is 35.5. The number of nitrogens with zero attached hydrogens (tertiary/aromatic N) is 4. The first-order valence-electron chi connectivity index (χ1n) is 9.59. The molecule has 2 aromatic heterocycles. The number of rotatable bonds is 5. The molecule has 154 valence electrons. The van der Waals surface area contributed by atoms with E-state index in [-0.39, 0.29) is 11.8 Å². The lowest BCUT2D eigenvalue weighted by molar-refractivity contribution is -0.119. The number of methoxy groups -OCH3 is 1. The zero-order valence-corrected chi connectivity index (χ0v) is 18.1. The van der Waals surface area contributed by atoms with Crippen LogP contribution in [0, 0.1) is 5.92 Å². The van der Waals surface area contributed by atoms with Crippen molar-refractivity contribution in [2.75, 3.05) is 37.0 Å². The summed E-state index contributed by atoms with van der Waals surface area (Å²) >= 11 is 7.59. The summed E-state index contributed by atoms with van der Waals surface area (Å²) < 4.78 is 5.28. The Morgan fingerprint density at radius 3 is 3.00 bits per heavy atom. The van der Waals surface area contributed by atoms with Gasteiger partial charge in [-0.15, -0.1) is 0 Å². The van der Waals surface area contributed by atoms with Crippen molar-refractivity contribution in [1.82, 2.24) is 14.9 Å². The number of hydrogen-bond acceptors (Lipinski definition) is 7. The number of anilines is 2. The molecule has 0 bridgehead atoms. The summed E-state index contributed by atoms with van der Waals surface area (Å²) in [5.74, 6) is 0.590. The smallest absolute Gasteiger partial charge is 0.231 e. The fourth-order valence-corrected chi connectivity index (χ4v) is 4.94. The van der Waals surface area contributed by atoms with Crippen LogP contribution in [0.4, 0.5) is 10.8 Å². The molecular weight excluding hydrogens is 410 g/mol. The molecule has 1 saturated heterocycles. The lowest BCUT2D eigenvalue weighted by Crippen LogP contribution is -2.29. The molecule has 0 radical (unpaired) electrons. The summed E-state index contributed by atoms with van der Waals surface area (Å²) in [5, 5.41) is 4.06. The number of pyridine rings is 1. The van der Waals surface area contributed by atoms with Crippen LogP contribution in [0.1, 0.15) is 23.9 Å². The maximum Gasteiger partial charge on any atom is 0.231 e. The predicted octanol–water partition coefficient (Wildman–Crippen LogP) is 3.56. The Bertz CT molecular complexity index is 947. The Balaban J connectivity index is 1.42. The van der Waals surface area contributed by atoms with Crippen molar-refractivity contribution in [3.05, 3.63) is 40.3 Å². The van der Waals surface area contributed by atoms with Gasteiger partial charge in [-0.25, -0.2) is 9.97 Å². The third kappa shape index (κ3) is 4.18. The number of likely N-dealkylation sites (tertiary alicyclic amines) is 1. The maximum absolute atomic E-state index is 12.6. The molecule has 2 aliphatic heterocycles. The van der Waals surface area contributed by atoms with Gasteiger partial charge in [-0.05, 0) is 13.3 Å². The van der Waals surface area contributed by atoms with Gasteiger partial charge < -0.3 is 19.9 Å². The molecule has 0 spiro atoms. The number of aromatic nitrogens is 2. The largest absolute Gasteiger partial charge is 0.493 e. The predicted molar refractivity (Wildman–Crippen MR) is 116 cm³/mol. The van der Waals surface area contributed by atoms with Crippen molar-refractivity contribution in [1.29, 1.82) is 0 Å². The molecule has 1 N–H and O–H groups in total. The van der Waals surface area contributed by atoms with Crippen molar-refractivity contribution in [2.24, 2.45) is 5.92 Å². The molecule has 2 aliphatic rings. The maximum atomic E-state index is 12.6. The van der Waals surface area contributed by atoms with E-state index in [9.17, 15) is 4.79 Å². The highest BCUT2D eigenvalue weighted by molar-refractivity contribution is 7.15. The van der Waals surface area contributed by atoms with E-state index in [2.05, 4.69) is 31.7 Å². The third-order valence-corrected chi connectivity index (χ3v) is 6.72. The second-order valence-electron chi connectivity index (χ2n) is 7.40. The molecule has 1 atom stereocenters. The number of thiazole rings is 1. The van der Waals surface area contributed by atoms with E-state index in [0.717, 1.165) is 61.0 Å². The monoisotopic (exact) mass is 433 g/mol. The fraction of sp³-hybridized carbons (Fsp3) is 0.450. The Morgan fingerprint density at radius 1 is 1.45 bits per heavy atom. The number of halogens is 1. The molecule has 29 heavy (non-hydrogen) atoms. The molecule has 0 aromatic carbocycles. The number of allylic oxidation sites excluding steroid dienone is 1. The van der Waals surface area contributed by atoms with Gasteiger partial charge in [0.05, 0.1) is 37.2 Å². The number of fused-ring (bicyclic) bond motifs is 1. The van der Waals surface area contributed by atoms with Gasteiger partial charge in [0.25, 0.3) is 0 Å². The normalized spacial score (nSPS) is 18.5. The first-order chi connectivity index (χ1) is 13.9. The summed E-state index contributed by atoms with van der Waals surface area (Å²) in [6.07, 6.45) is 3.43. The van der Waals surface area contributed by atoms with Gasteiger partial charge in [-0.2, -0.15) is 0 Å². The van der Waals surface area contributed by atoms with Crippen LogP contribution in [0.15, 0.2) is 24.5 Å². The second kappa shape index (κ2) is 8.20. The van der Waals surface area contributed by atoms with Gasteiger partial charge >= 0.3 is 0 Å². The third-order valence-electron chi connectivity index (χ3n) is 5.44. The minimum Gasteiger partial charge on any atom is -0.493 e. The van der Waals surface area contributed by atoms with E-state index in [4.69, 9.17) is 16.3 Å². The average molecular weight is 434 g/mol. The average Bonchev–Trinajstić information content (AvgIpc) is 3.34. The van der Waals surface area contributed by atoms with Crippen molar-refractivity contribution >= 4 is 39.7 Å². The SMILES string of the molecule is C=C(C)N1CC[C@@H](C(=O)Nc2nc3c(s2)CN(c2cnc(Cl)c(OC)c2)CC3)C1. The molecule has 0 unspecified atom stereocenters. The second-order valence-corrected chi connectivity index (χ2v) is 8.84. The quantitative estimate of drug-likeness (QED) is 0.727. The molecule has 1 fully saturated rings. The molecule has 0 aliphatic carbocycles. The summed E-state index contributed by atoms with van der Waals surface area (Å²) in [7, 11) is 1.58. The molecule has 1 amide bonds. The summed E-state index contributed by atoms with van der Waals surface area (Å²) in [6.45, 7) is 9.11. The van der Waals surface area contributed by atoms with E-state index in [1.807, 2.05) is 13.0 Å². The van der Waals surface area contributed by atoms with Gasteiger partial charge in [0.15, 0.2) is 16.0 Å². The first kappa shape index (κ1) is 20.0. The topological polar surface area (TPSA) is 70.6 Å². The minimum atomic E-state index is -0.0169. The van der Waals surface area contributed by atoms with Gasteiger partial charge in [-0.3, -0.25) is 4.79 Å². The van der Waals surface area contributed by atoms with Gasteiger partial charge in [-0.1, -0.05) is 29.5 Å². The zero-order valence-electron chi connectivity index (χ0n) is 16.6. The zero-order chi connectivity index (χ0) is 20.5. The van der Waals surface area contributed by atoms with Gasteiger partial charge in [0.1, 0.15) is 0 Å². The van der Waals surface area contributed by atoms with Crippen molar-refractivity contribution in [3.8, 4) is 5.75 Å². The van der Waals surface area contributed by atoms with Crippen LogP contribution in [0.25, 0.3) is 0 Å². The van der Waals surface area contributed by atoms with Crippen LogP contribution in [0.5, 0.6) is 5.75 Å². The Hall–Kier alpha value is -2.32. The molecule has 7 nitrogen and oxygen atoms in total. The molecule has 2 aromatic rings. The van der Waals surface area contributed by atoms with Crippen molar-refractivity contribution in [3.63, 3.8) is 0 Å². The van der Waals surface area contributed by atoms with E-state index in [1.54, 1.807) is 24.6 Å². The van der Waals surface area contributed by atoms with Crippen LogP contribution in [0.2, 0.25) is 5.15 Å². The molecule has 4 heterocycles. The van der Waals surface area contributed by atoms with Crippen LogP contribution >= 0.6 is 22.9 Å². The minimum absolute atomic E-state index is 0.0169. The Labute approximate surface area is 179 Å². The molecular formula is C20H24ClN5O2S. The van der Waals surface area contributed by atoms with E-state index in [0.29, 0.717) is 16.0 Å². The standard InChI is InChI=1S/C20H24ClN5O2S/c1-12(2)25-6-4-13(10-25)19(27)24-20-23-15-5-7-26(11-17(15)29-20)14-8-16(28-3)18(21)22-9-14/h8-9,13H,1,4-7,10-11H2,2-3H3,(H,23,24,27)/t13-/m1/s1. The Kier molecular flexibility index (Phi) is 5.65. The van der Waals surface area contributed by atoms with Crippen molar-refractivity contribution in [2.45, 2.75) is 26.3 Å². The highest BCUT2D eigenvalue weighted by Gasteiger charge is 2.29. The number of ether oxygens (including phenoxy) is 1. The van der Waals surface area contributed by atoms with Crippen LogP contribution in [-0.4, -0.2) is 47.5 Å². The lowest BCUT2D eigenvalue weighted by Gasteiger charge is -2.28. The Morgan fingerprint density at radius 2 is 2.28 bits per heavy atom. The first-order valence-corrected chi connectivity index (χ1v) is 10.8. The number of nitrogens with one attached hydrogen (secondary N) is 1. The van der Waals surface area contributed by atoms with Crippen LogP contribution < -0.4 is 15.0 Å².